The molecule has 146 valence electrons. The van der Waals surface area contributed by atoms with E-state index in [0.29, 0.717) is 0 Å². The molecule has 1 aliphatic heterocycles. The molecule has 1 aliphatic rings. The molecule has 0 unspecified atom stereocenters. The van der Waals surface area contributed by atoms with E-state index in [9.17, 15) is 31.5 Å². The van der Waals surface area contributed by atoms with Gasteiger partial charge >= 0.3 is 6.18 Å². The number of imide groups is 1. The van der Waals surface area contributed by atoms with Crippen LogP contribution in [0.25, 0.3) is 0 Å². The predicted octanol–water partition coefficient (Wildman–Crippen LogP) is 3.55. The number of aromatic hydroxyl groups is 1. The fourth-order valence-electron chi connectivity index (χ4n) is 2.52. The van der Waals surface area contributed by atoms with Crippen LogP contribution in [0, 0.1) is 11.6 Å². The van der Waals surface area contributed by atoms with Gasteiger partial charge in [-0.2, -0.15) is 13.2 Å². The van der Waals surface area contributed by atoms with Gasteiger partial charge in [0.25, 0.3) is 11.8 Å². The average molecular weight is 398 g/mol. The van der Waals surface area contributed by atoms with Crippen LogP contribution in [-0.2, 0) is 22.3 Å². The highest BCUT2D eigenvalue weighted by Crippen LogP contribution is 2.30. The number of anilines is 1. The molecule has 28 heavy (non-hydrogen) atoms. The van der Waals surface area contributed by atoms with Gasteiger partial charge in [-0.05, 0) is 17.7 Å². The quantitative estimate of drug-likeness (QED) is 0.470. The number of amides is 2. The fraction of sp³-hybridized carbons (Fsp3) is 0.111. The molecule has 0 atom stereocenters. The van der Waals surface area contributed by atoms with Crippen molar-refractivity contribution in [1.82, 2.24) is 4.90 Å². The topological polar surface area (TPSA) is 69.6 Å². The second-order valence-corrected chi connectivity index (χ2v) is 5.90. The summed E-state index contributed by atoms with van der Waals surface area (Å²) in [5.74, 6) is -5.27. The monoisotopic (exact) mass is 398 g/mol. The number of nitrogens with one attached hydrogen (secondary N) is 1. The van der Waals surface area contributed by atoms with E-state index >= 15 is 0 Å². The van der Waals surface area contributed by atoms with E-state index in [1.165, 1.54) is 0 Å². The van der Waals surface area contributed by atoms with Crippen LogP contribution in [0.1, 0.15) is 11.1 Å². The lowest BCUT2D eigenvalue weighted by Gasteiger charge is -2.16. The maximum Gasteiger partial charge on any atom is 0.416 e. The summed E-state index contributed by atoms with van der Waals surface area (Å²) < 4.78 is 64.5. The number of halogens is 5. The van der Waals surface area contributed by atoms with Crippen molar-refractivity contribution < 1.29 is 36.6 Å². The van der Waals surface area contributed by atoms with Crippen molar-refractivity contribution in [3.8, 4) is 5.75 Å². The molecular formula is C18H11F5N2O3. The molecular weight excluding hydrogens is 387 g/mol. The van der Waals surface area contributed by atoms with Gasteiger partial charge in [0.2, 0.25) is 0 Å². The van der Waals surface area contributed by atoms with Crippen LogP contribution in [-0.4, -0.2) is 21.8 Å². The maximum absolute atomic E-state index is 13.4. The summed E-state index contributed by atoms with van der Waals surface area (Å²) in [5, 5.41) is 11.5. The average Bonchev–Trinajstić information content (AvgIpc) is 2.87. The Labute approximate surface area is 154 Å². The third kappa shape index (κ3) is 3.80. The first-order valence-electron chi connectivity index (χ1n) is 7.75. The Morgan fingerprint density at radius 2 is 1.57 bits per heavy atom. The van der Waals surface area contributed by atoms with Gasteiger partial charge in [0, 0.05) is 23.9 Å². The molecule has 2 amide bonds. The minimum Gasteiger partial charge on any atom is -0.503 e. The minimum absolute atomic E-state index is 0.211. The molecule has 2 aromatic carbocycles. The zero-order chi connectivity index (χ0) is 20.6. The van der Waals surface area contributed by atoms with Crippen molar-refractivity contribution in [3.05, 3.63) is 70.9 Å². The minimum atomic E-state index is -4.51. The first kappa shape index (κ1) is 19.3. The Kier molecular flexibility index (Phi) is 4.80. The number of benzene rings is 2. The molecule has 0 radical (unpaired) electrons. The van der Waals surface area contributed by atoms with E-state index in [0.717, 1.165) is 47.4 Å². The van der Waals surface area contributed by atoms with Crippen LogP contribution < -0.4 is 5.32 Å². The Bertz CT molecular complexity index is 961. The second-order valence-electron chi connectivity index (χ2n) is 5.90. The van der Waals surface area contributed by atoms with Crippen LogP contribution in [0.3, 0.4) is 0 Å². The van der Waals surface area contributed by atoms with Crippen LogP contribution in [0.4, 0.5) is 27.6 Å². The zero-order valence-electron chi connectivity index (χ0n) is 13.8. The predicted molar refractivity (Wildman–Crippen MR) is 86.7 cm³/mol. The fourth-order valence-corrected chi connectivity index (χ4v) is 2.52. The summed E-state index contributed by atoms with van der Waals surface area (Å²) >= 11 is 0. The standard InChI is InChI=1S/C18H11F5N2O3/c19-12-5-11(6-13(20)16(12)27)24-14-7-15(26)25(17(14)28)8-9-1-3-10(4-2-9)18(21,22)23/h1-7,24,27H,8H2. The van der Waals surface area contributed by atoms with Gasteiger partial charge in [0.15, 0.2) is 17.4 Å². The summed E-state index contributed by atoms with van der Waals surface area (Å²) in [6, 6.07) is 5.40. The van der Waals surface area contributed by atoms with Crippen molar-refractivity contribution in [2.45, 2.75) is 12.7 Å². The summed E-state index contributed by atoms with van der Waals surface area (Å²) in [6.45, 7) is -0.282. The molecule has 2 aromatic rings. The molecule has 0 aliphatic carbocycles. The van der Waals surface area contributed by atoms with E-state index in [-0.39, 0.29) is 23.5 Å². The summed E-state index contributed by atoms with van der Waals surface area (Å²) in [7, 11) is 0. The molecule has 10 heteroatoms. The largest absolute Gasteiger partial charge is 0.503 e. The molecule has 2 N–H and O–H groups in total. The maximum atomic E-state index is 13.4. The number of carbonyl (C=O) groups is 2. The van der Waals surface area contributed by atoms with Crippen molar-refractivity contribution in [3.63, 3.8) is 0 Å². The van der Waals surface area contributed by atoms with Crippen molar-refractivity contribution in [1.29, 1.82) is 0 Å². The number of hydrogen-bond donors (Lipinski definition) is 2. The molecule has 0 bridgehead atoms. The SMILES string of the molecule is O=C1C=C(Nc2cc(F)c(O)c(F)c2)C(=O)N1Cc1ccc(C(F)(F)F)cc1. The van der Waals surface area contributed by atoms with Gasteiger partial charge in [-0.25, -0.2) is 8.78 Å². The van der Waals surface area contributed by atoms with E-state index < -0.39 is 40.9 Å². The Hall–Kier alpha value is -3.43. The molecule has 1 heterocycles. The first-order valence-corrected chi connectivity index (χ1v) is 7.75. The van der Waals surface area contributed by atoms with Crippen LogP contribution >= 0.6 is 0 Å². The van der Waals surface area contributed by atoms with Crippen molar-refractivity contribution in [2.75, 3.05) is 5.32 Å². The smallest absolute Gasteiger partial charge is 0.416 e. The second kappa shape index (κ2) is 6.95. The Balaban J connectivity index is 1.73. The van der Waals surface area contributed by atoms with Gasteiger partial charge in [-0.15, -0.1) is 0 Å². The number of hydrogen-bond acceptors (Lipinski definition) is 4. The number of nitrogens with zero attached hydrogens (tertiary/aromatic N) is 1. The van der Waals surface area contributed by atoms with Crippen molar-refractivity contribution >= 4 is 17.5 Å². The molecule has 0 saturated carbocycles. The Morgan fingerprint density at radius 3 is 2.11 bits per heavy atom. The van der Waals surface area contributed by atoms with Gasteiger partial charge in [-0.1, -0.05) is 12.1 Å². The first-order chi connectivity index (χ1) is 13.1. The van der Waals surface area contributed by atoms with Crippen LogP contribution in [0.15, 0.2) is 48.2 Å². The van der Waals surface area contributed by atoms with Gasteiger partial charge in [0.05, 0.1) is 12.1 Å². The highest BCUT2D eigenvalue weighted by Gasteiger charge is 2.33. The van der Waals surface area contributed by atoms with Crippen LogP contribution in [0.2, 0.25) is 0 Å². The molecule has 0 fully saturated rings. The lowest BCUT2D eigenvalue weighted by Crippen LogP contribution is -2.31. The van der Waals surface area contributed by atoms with E-state index in [4.69, 9.17) is 5.11 Å². The molecule has 5 nitrogen and oxygen atoms in total. The van der Waals surface area contributed by atoms with E-state index in [1.807, 2.05) is 0 Å². The van der Waals surface area contributed by atoms with Gasteiger partial charge in [-0.3, -0.25) is 14.5 Å². The number of phenols is 1. The Morgan fingerprint density at radius 1 is 1.00 bits per heavy atom. The normalized spacial score (nSPS) is 14.5. The third-order valence-corrected chi connectivity index (χ3v) is 3.93. The number of alkyl halides is 3. The highest BCUT2D eigenvalue weighted by molar-refractivity contribution is 6.17. The van der Waals surface area contributed by atoms with E-state index in [1.54, 1.807) is 0 Å². The molecule has 0 aromatic heterocycles. The number of carbonyl (C=O) groups excluding carboxylic acids is 2. The zero-order valence-corrected chi connectivity index (χ0v) is 13.8. The lowest BCUT2D eigenvalue weighted by atomic mass is 10.1. The highest BCUT2D eigenvalue weighted by atomic mass is 19.4. The molecule has 0 spiro atoms. The summed E-state index contributed by atoms with van der Waals surface area (Å²) in [5.41, 5.74) is -1.07. The summed E-state index contributed by atoms with van der Waals surface area (Å²) in [6.07, 6.45) is -3.61. The van der Waals surface area contributed by atoms with E-state index in [2.05, 4.69) is 5.32 Å². The van der Waals surface area contributed by atoms with Gasteiger partial charge in [0.1, 0.15) is 5.70 Å². The molecule has 0 saturated heterocycles. The van der Waals surface area contributed by atoms with Crippen LogP contribution in [0.5, 0.6) is 5.75 Å². The summed E-state index contributed by atoms with van der Waals surface area (Å²) in [4.78, 5) is 25.1. The van der Waals surface area contributed by atoms with Crippen molar-refractivity contribution in [2.24, 2.45) is 0 Å². The number of rotatable bonds is 4. The lowest BCUT2D eigenvalue weighted by molar-refractivity contribution is -0.139. The third-order valence-electron chi connectivity index (χ3n) is 3.93. The number of phenolic OH excluding ortho intramolecular Hbond substituents is 1. The molecule has 3 rings (SSSR count). The van der Waals surface area contributed by atoms with Gasteiger partial charge < -0.3 is 10.4 Å².